The van der Waals surface area contributed by atoms with Gasteiger partial charge in [0.1, 0.15) is 23.1 Å². The van der Waals surface area contributed by atoms with E-state index in [0.717, 1.165) is 0 Å². The van der Waals surface area contributed by atoms with Gasteiger partial charge in [0.2, 0.25) is 0 Å². The van der Waals surface area contributed by atoms with Gasteiger partial charge in [-0.2, -0.15) is 5.26 Å². The number of phenolic OH excluding ortho intramolecular Hbond substituents is 2. The number of phenols is 2. The number of hydrogen-bond acceptors (Lipinski definition) is 4. The molecule has 6 heteroatoms. The number of hydrogen-bond donors (Lipinski definition) is 3. The predicted octanol–water partition coefficient (Wildman–Crippen LogP) is 2.40. The molecule has 19 heavy (non-hydrogen) atoms. The Morgan fingerprint density at radius 2 is 1.95 bits per heavy atom. The van der Waals surface area contributed by atoms with E-state index >= 15 is 0 Å². The van der Waals surface area contributed by atoms with Gasteiger partial charge in [0, 0.05) is 16.8 Å². The van der Waals surface area contributed by atoms with Gasteiger partial charge in [-0.1, -0.05) is 0 Å². The summed E-state index contributed by atoms with van der Waals surface area (Å²) in [6, 6.07) is 5.99. The maximum atomic E-state index is 11.7. The third-order valence-electron chi connectivity index (χ3n) is 2.65. The summed E-state index contributed by atoms with van der Waals surface area (Å²) in [5.74, 6) is -0.221. The summed E-state index contributed by atoms with van der Waals surface area (Å²) in [5.41, 5.74) is 0.378. The quantitative estimate of drug-likeness (QED) is 0.703. The molecule has 2 rings (SSSR count). The van der Waals surface area contributed by atoms with Gasteiger partial charge in [0.05, 0.1) is 4.47 Å². The van der Waals surface area contributed by atoms with Gasteiger partial charge in [-0.15, -0.1) is 0 Å². The lowest BCUT2D eigenvalue weighted by Gasteiger charge is -2.11. The highest BCUT2D eigenvalue weighted by atomic mass is 79.9. The van der Waals surface area contributed by atoms with E-state index in [2.05, 4.69) is 20.9 Å². The van der Waals surface area contributed by atoms with E-state index in [0.29, 0.717) is 5.69 Å². The molecule has 0 radical (unpaired) electrons. The first-order chi connectivity index (χ1) is 8.95. The first-order valence-corrected chi connectivity index (χ1v) is 6.09. The Labute approximate surface area is 116 Å². The number of aromatic hydroxyl groups is 2. The molecule has 0 atom stereocenters. The second-order valence-electron chi connectivity index (χ2n) is 3.97. The average Bonchev–Trinajstić information content (AvgIpc) is 2.34. The van der Waals surface area contributed by atoms with E-state index < -0.39 is 5.56 Å². The van der Waals surface area contributed by atoms with Crippen molar-refractivity contribution in [2.24, 2.45) is 0 Å². The summed E-state index contributed by atoms with van der Waals surface area (Å²) >= 11 is 3.15. The van der Waals surface area contributed by atoms with Crippen molar-refractivity contribution in [2.45, 2.75) is 6.92 Å². The Bertz CT molecular complexity index is 760. The van der Waals surface area contributed by atoms with Gasteiger partial charge in [-0.25, -0.2) is 0 Å². The summed E-state index contributed by atoms with van der Waals surface area (Å²) < 4.78 is 0.231. The van der Waals surface area contributed by atoms with E-state index in [9.17, 15) is 15.0 Å². The van der Waals surface area contributed by atoms with Crippen molar-refractivity contribution < 1.29 is 10.2 Å². The zero-order chi connectivity index (χ0) is 14.2. The molecule has 0 saturated heterocycles. The summed E-state index contributed by atoms with van der Waals surface area (Å²) in [6.45, 7) is 1.67. The normalized spacial score (nSPS) is 10.2. The van der Waals surface area contributed by atoms with E-state index in [4.69, 9.17) is 5.26 Å². The largest absolute Gasteiger partial charge is 0.507 e. The molecule has 0 aliphatic heterocycles. The van der Waals surface area contributed by atoms with E-state index in [1.54, 1.807) is 19.1 Å². The van der Waals surface area contributed by atoms with Gasteiger partial charge >= 0.3 is 0 Å². The van der Waals surface area contributed by atoms with Crippen molar-refractivity contribution in [1.82, 2.24) is 4.98 Å². The van der Waals surface area contributed by atoms with Gasteiger partial charge in [0.15, 0.2) is 0 Å². The Morgan fingerprint density at radius 3 is 2.58 bits per heavy atom. The van der Waals surface area contributed by atoms with Crippen LogP contribution in [0.5, 0.6) is 11.5 Å². The van der Waals surface area contributed by atoms with Crippen LogP contribution in [0, 0.1) is 18.3 Å². The van der Waals surface area contributed by atoms with Crippen molar-refractivity contribution in [3.63, 3.8) is 0 Å². The number of nitrogens with one attached hydrogen (secondary N) is 1. The monoisotopic (exact) mass is 320 g/mol. The molecule has 0 fully saturated rings. The van der Waals surface area contributed by atoms with Crippen molar-refractivity contribution >= 4 is 15.9 Å². The maximum Gasteiger partial charge on any atom is 0.266 e. The van der Waals surface area contributed by atoms with Crippen LogP contribution in [-0.4, -0.2) is 15.2 Å². The molecule has 96 valence electrons. The Kier molecular flexibility index (Phi) is 3.32. The zero-order valence-electron chi connectivity index (χ0n) is 9.86. The Hall–Kier alpha value is -2.26. The molecular weight excluding hydrogens is 312 g/mol. The summed E-state index contributed by atoms with van der Waals surface area (Å²) in [7, 11) is 0. The molecule has 0 unspecified atom stereocenters. The van der Waals surface area contributed by atoms with Crippen LogP contribution in [0.4, 0.5) is 0 Å². The minimum atomic E-state index is -0.535. The number of rotatable bonds is 1. The van der Waals surface area contributed by atoms with Crippen LogP contribution in [0.2, 0.25) is 0 Å². The number of H-pyrrole nitrogens is 1. The Morgan fingerprint density at radius 1 is 1.32 bits per heavy atom. The second-order valence-corrected chi connectivity index (χ2v) is 4.77. The standard InChI is InChI=1S/C13H9BrN2O3/c1-6-4-7(8(5-15)13(19)16-6)11-9(17)2-3-10(18)12(11)14/h2-4,17-18H,1H3,(H,16,19). The number of aromatic nitrogens is 1. The van der Waals surface area contributed by atoms with Crippen molar-refractivity contribution in [3.05, 3.63) is 44.3 Å². The SMILES string of the molecule is Cc1cc(-c2c(O)ccc(O)c2Br)c(C#N)c(=O)[nH]1. The van der Waals surface area contributed by atoms with Gasteiger partial charge in [0.25, 0.3) is 5.56 Å². The number of benzene rings is 1. The molecule has 0 bridgehead atoms. The second kappa shape index (κ2) is 4.78. The molecule has 0 spiro atoms. The number of aryl methyl sites for hydroxylation is 1. The Balaban J connectivity index is 2.92. The van der Waals surface area contributed by atoms with Crippen LogP contribution in [-0.2, 0) is 0 Å². The molecule has 2 aromatic rings. The fourth-order valence-corrected chi connectivity index (χ4v) is 2.36. The highest BCUT2D eigenvalue weighted by Crippen LogP contribution is 2.41. The fourth-order valence-electron chi connectivity index (χ4n) is 1.81. The molecule has 0 aliphatic rings. The molecule has 3 N–H and O–H groups in total. The lowest BCUT2D eigenvalue weighted by atomic mass is 10.00. The minimum Gasteiger partial charge on any atom is -0.507 e. The molecule has 1 aromatic heterocycles. The van der Waals surface area contributed by atoms with E-state index in [1.165, 1.54) is 12.1 Å². The molecule has 0 aliphatic carbocycles. The molecule has 0 saturated carbocycles. The lowest BCUT2D eigenvalue weighted by molar-refractivity contribution is 0.459. The van der Waals surface area contributed by atoms with Crippen LogP contribution in [0.1, 0.15) is 11.3 Å². The van der Waals surface area contributed by atoms with Crippen molar-refractivity contribution in [3.8, 4) is 28.7 Å². The highest BCUT2D eigenvalue weighted by molar-refractivity contribution is 9.10. The predicted molar refractivity (Wildman–Crippen MR) is 73.0 cm³/mol. The third-order valence-corrected chi connectivity index (χ3v) is 3.45. The minimum absolute atomic E-state index is 0.0883. The molecule has 1 aromatic carbocycles. The lowest BCUT2D eigenvalue weighted by Crippen LogP contribution is -2.12. The average molecular weight is 321 g/mol. The first kappa shape index (κ1) is 13.2. The van der Waals surface area contributed by atoms with Crippen molar-refractivity contribution in [2.75, 3.05) is 0 Å². The van der Waals surface area contributed by atoms with E-state index in [-0.39, 0.29) is 32.7 Å². The number of aromatic amines is 1. The third kappa shape index (κ3) is 2.20. The van der Waals surface area contributed by atoms with Gasteiger partial charge in [-0.3, -0.25) is 4.79 Å². The highest BCUT2D eigenvalue weighted by Gasteiger charge is 2.18. The first-order valence-electron chi connectivity index (χ1n) is 5.30. The molecule has 1 heterocycles. The molecule has 5 nitrogen and oxygen atoms in total. The van der Waals surface area contributed by atoms with Gasteiger partial charge in [-0.05, 0) is 41.1 Å². The number of nitrogens with zero attached hydrogens (tertiary/aromatic N) is 1. The summed E-state index contributed by atoms with van der Waals surface area (Å²) in [4.78, 5) is 14.3. The van der Waals surface area contributed by atoms with E-state index in [1.807, 2.05) is 0 Å². The number of pyridine rings is 1. The zero-order valence-corrected chi connectivity index (χ0v) is 11.4. The van der Waals surface area contributed by atoms with Crippen molar-refractivity contribution in [1.29, 1.82) is 5.26 Å². The number of halogens is 1. The molecular formula is C13H9BrN2O3. The smallest absolute Gasteiger partial charge is 0.266 e. The number of nitriles is 1. The van der Waals surface area contributed by atoms with Gasteiger partial charge < -0.3 is 15.2 Å². The maximum absolute atomic E-state index is 11.7. The molecule has 0 amide bonds. The van der Waals surface area contributed by atoms with Crippen LogP contribution < -0.4 is 5.56 Å². The van der Waals surface area contributed by atoms with Crippen LogP contribution in [0.3, 0.4) is 0 Å². The fraction of sp³-hybridized carbons (Fsp3) is 0.0769. The summed E-state index contributed by atoms with van der Waals surface area (Å²) in [6.07, 6.45) is 0. The van der Waals surface area contributed by atoms with Crippen LogP contribution in [0.25, 0.3) is 11.1 Å². The summed E-state index contributed by atoms with van der Waals surface area (Å²) in [5, 5.41) is 28.6. The van der Waals surface area contributed by atoms with Crippen LogP contribution in [0.15, 0.2) is 27.5 Å². The van der Waals surface area contributed by atoms with Crippen LogP contribution >= 0.6 is 15.9 Å². The topological polar surface area (TPSA) is 97.1 Å².